The molecule has 78 valence electrons. The minimum Gasteiger partial charge on any atom is -0.479 e. The van der Waals surface area contributed by atoms with E-state index >= 15 is 0 Å². The normalized spacial score (nSPS) is 12.1. The van der Waals surface area contributed by atoms with E-state index in [1.54, 1.807) is 13.2 Å². The molecule has 0 amide bonds. The van der Waals surface area contributed by atoms with E-state index < -0.39 is 0 Å². The second-order valence-corrected chi connectivity index (χ2v) is 3.45. The monoisotopic (exact) mass is 195 g/mol. The van der Waals surface area contributed by atoms with Crippen LogP contribution in [0.3, 0.4) is 0 Å². The molecule has 0 unspecified atom stereocenters. The molecule has 0 radical (unpaired) electrons. The van der Waals surface area contributed by atoms with Gasteiger partial charge in [0.05, 0.1) is 5.60 Å². The van der Waals surface area contributed by atoms with E-state index in [1.165, 1.54) is 0 Å². The number of rotatable bonds is 5. The molecule has 0 aromatic rings. The molecule has 3 heteroatoms. The SMILES string of the molecule is C=C(C=C(C)C(C)(C)OC)OCC#N. The Balaban J connectivity index is 4.38. The lowest BCUT2D eigenvalue weighted by molar-refractivity contribution is 0.0546. The van der Waals surface area contributed by atoms with Crippen LogP contribution in [0.15, 0.2) is 24.0 Å². The van der Waals surface area contributed by atoms with Gasteiger partial charge in [0.25, 0.3) is 0 Å². The van der Waals surface area contributed by atoms with Gasteiger partial charge in [-0.15, -0.1) is 0 Å². The third kappa shape index (κ3) is 4.11. The fourth-order valence-corrected chi connectivity index (χ4v) is 0.743. The van der Waals surface area contributed by atoms with E-state index in [9.17, 15) is 0 Å². The van der Waals surface area contributed by atoms with Crippen LogP contribution in [0.5, 0.6) is 0 Å². The Morgan fingerprint density at radius 1 is 1.57 bits per heavy atom. The molecule has 0 aliphatic carbocycles. The smallest absolute Gasteiger partial charge is 0.174 e. The Labute approximate surface area is 85.6 Å². The predicted molar refractivity (Wildman–Crippen MR) is 55.6 cm³/mol. The van der Waals surface area contributed by atoms with Crippen LogP contribution in [0, 0.1) is 11.3 Å². The van der Waals surface area contributed by atoms with Crippen LogP contribution >= 0.6 is 0 Å². The number of methoxy groups -OCH3 is 1. The average Bonchev–Trinajstić information content (AvgIpc) is 2.14. The highest BCUT2D eigenvalue weighted by Gasteiger charge is 2.18. The summed E-state index contributed by atoms with van der Waals surface area (Å²) in [5.74, 6) is 0.481. The summed E-state index contributed by atoms with van der Waals surface area (Å²) in [4.78, 5) is 0. The second-order valence-electron chi connectivity index (χ2n) is 3.45. The summed E-state index contributed by atoms with van der Waals surface area (Å²) in [7, 11) is 1.65. The fraction of sp³-hybridized carbons (Fsp3) is 0.545. The third-order valence-electron chi connectivity index (χ3n) is 2.16. The highest BCUT2D eigenvalue weighted by Crippen LogP contribution is 2.20. The number of nitriles is 1. The number of allylic oxidation sites excluding steroid dienone is 1. The molecule has 0 N–H and O–H groups in total. The van der Waals surface area contributed by atoms with Crippen molar-refractivity contribution >= 4 is 0 Å². The molecule has 0 aromatic carbocycles. The van der Waals surface area contributed by atoms with E-state index in [0.29, 0.717) is 5.76 Å². The van der Waals surface area contributed by atoms with Crippen molar-refractivity contribution < 1.29 is 9.47 Å². The van der Waals surface area contributed by atoms with Crippen molar-refractivity contribution in [2.24, 2.45) is 0 Å². The van der Waals surface area contributed by atoms with Crippen molar-refractivity contribution in [3.05, 3.63) is 24.0 Å². The highest BCUT2D eigenvalue weighted by atomic mass is 16.5. The second kappa shape index (κ2) is 5.46. The van der Waals surface area contributed by atoms with Crippen molar-refractivity contribution in [1.82, 2.24) is 0 Å². The number of hydrogen-bond donors (Lipinski definition) is 0. The molecule has 0 heterocycles. The first-order chi connectivity index (χ1) is 6.44. The minimum absolute atomic E-state index is 0.0238. The van der Waals surface area contributed by atoms with Crippen LogP contribution in [-0.2, 0) is 9.47 Å². The van der Waals surface area contributed by atoms with Crippen LogP contribution in [-0.4, -0.2) is 19.3 Å². The van der Waals surface area contributed by atoms with Gasteiger partial charge in [-0.3, -0.25) is 0 Å². The standard InChI is InChI=1S/C11H17NO2/c1-9(11(3,4)13-5)8-10(2)14-7-6-12/h8H,2,7H2,1,3-5H3. The topological polar surface area (TPSA) is 42.2 Å². The van der Waals surface area contributed by atoms with E-state index in [1.807, 2.05) is 26.8 Å². The number of hydrogen-bond acceptors (Lipinski definition) is 3. The zero-order valence-electron chi connectivity index (χ0n) is 9.26. The molecule has 3 nitrogen and oxygen atoms in total. The van der Waals surface area contributed by atoms with Crippen LogP contribution in [0.2, 0.25) is 0 Å². The summed E-state index contributed by atoms with van der Waals surface area (Å²) in [6.07, 6.45) is 1.78. The quantitative estimate of drug-likeness (QED) is 0.499. The molecule has 14 heavy (non-hydrogen) atoms. The fourth-order valence-electron chi connectivity index (χ4n) is 0.743. The Kier molecular flexibility index (Phi) is 4.96. The largest absolute Gasteiger partial charge is 0.479 e. The van der Waals surface area contributed by atoms with Gasteiger partial charge < -0.3 is 9.47 Å². The van der Waals surface area contributed by atoms with Gasteiger partial charge in [0, 0.05) is 7.11 Å². The van der Waals surface area contributed by atoms with Crippen LogP contribution in [0.1, 0.15) is 20.8 Å². The lowest BCUT2D eigenvalue weighted by atomic mass is 9.99. The summed E-state index contributed by atoms with van der Waals surface area (Å²) >= 11 is 0. The Morgan fingerprint density at radius 2 is 2.14 bits per heavy atom. The average molecular weight is 195 g/mol. The van der Waals surface area contributed by atoms with Crippen molar-refractivity contribution in [3.63, 3.8) is 0 Å². The number of ether oxygens (including phenoxy) is 2. The first-order valence-corrected chi connectivity index (χ1v) is 4.36. The first-order valence-electron chi connectivity index (χ1n) is 4.36. The Morgan fingerprint density at radius 3 is 2.57 bits per heavy atom. The van der Waals surface area contributed by atoms with Gasteiger partial charge in [0.15, 0.2) is 6.61 Å². The summed E-state index contributed by atoms with van der Waals surface area (Å²) in [5.41, 5.74) is 0.668. The van der Waals surface area contributed by atoms with Crippen molar-refractivity contribution in [3.8, 4) is 6.07 Å². The minimum atomic E-state index is -0.334. The van der Waals surface area contributed by atoms with Gasteiger partial charge in [-0.1, -0.05) is 6.58 Å². The molecule has 0 rings (SSSR count). The molecule has 0 aromatic heterocycles. The van der Waals surface area contributed by atoms with Gasteiger partial charge in [0.2, 0.25) is 0 Å². The zero-order valence-corrected chi connectivity index (χ0v) is 9.26. The summed E-state index contributed by atoms with van der Waals surface area (Å²) in [6, 6.07) is 1.88. The van der Waals surface area contributed by atoms with E-state index in [0.717, 1.165) is 5.57 Å². The first kappa shape index (κ1) is 12.7. The van der Waals surface area contributed by atoms with Gasteiger partial charge in [-0.05, 0) is 32.4 Å². The third-order valence-corrected chi connectivity index (χ3v) is 2.16. The maximum Gasteiger partial charge on any atom is 0.174 e. The van der Waals surface area contributed by atoms with Crippen LogP contribution in [0.25, 0.3) is 0 Å². The zero-order chi connectivity index (χ0) is 11.2. The molecule has 0 saturated carbocycles. The van der Waals surface area contributed by atoms with Gasteiger partial charge in [0.1, 0.15) is 11.8 Å². The van der Waals surface area contributed by atoms with Crippen molar-refractivity contribution in [1.29, 1.82) is 5.26 Å². The maximum absolute atomic E-state index is 8.29. The molecule has 0 saturated heterocycles. The molecular weight excluding hydrogens is 178 g/mol. The van der Waals surface area contributed by atoms with Crippen molar-refractivity contribution in [2.75, 3.05) is 13.7 Å². The molecule has 0 fully saturated rings. The van der Waals surface area contributed by atoms with E-state index in [4.69, 9.17) is 14.7 Å². The lowest BCUT2D eigenvalue weighted by Crippen LogP contribution is -2.23. The molecule has 0 bridgehead atoms. The van der Waals surface area contributed by atoms with Gasteiger partial charge in [-0.25, -0.2) is 0 Å². The van der Waals surface area contributed by atoms with Gasteiger partial charge >= 0.3 is 0 Å². The van der Waals surface area contributed by atoms with Gasteiger partial charge in [-0.2, -0.15) is 5.26 Å². The molecular formula is C11H17NO2. The lowest BCUT2D eigenvalue weighted by Gasteiger charge is -2.24. The number of nitrogens with zero attached hydrogens (tertiary/aromatic N) is 1. The maximum atomic E-state index is 8.29. The summed E-state index contributed by atoms with van der Waals surface area (Å²) in [6.45, 7) is 9.54. The molecule has 0 aliphatic rings. The van der Waals surface area contributed by atoms with Crippen LogP contribution in [0.4, 0.5) is 0 Å². The van der Waals surface area contributed by atoms with E-state index in [-0.39, 0.29) is 12.2 Å². The Hall–Kier alpha value is -1.27. The van der Waals surface area contributed by atoms with Crippen LogP contribution < -0.4 is 0 Å². The summed E-state index contributed by atoms with van der Waals surface area (Å²) in [5, 5.41) is 8.29. The summed E-state index contributed by atoms with van der Waals surface area (Å²) < 4.78 is 10.3. The highest BCUT2D eigenvalue weighted by molar-refractivity contribution is 5.21. The predicted octanol–water partition coefficient (Wildman–Crippen LogP) is 2.41. The molecule has 0 aliphatic heterocycles. The van der Waals surface area contributed by atoms with E-state index in [2.05, 4.69) is 6.58 Å². The Bertz CT molecular complexity index is 272. The molecule has 0 atom stereocenters. The van der Waals surface area contributed by atoms with Crippen molar-refractivity contribution in [2.45, 2.75) is 26.4 Å². The molecule has 0 spiro atoms.